The molecule has 1 amide bonds. The maximum absolute atomic E-state index is 15.4. The molecule has 2 N–H and O–H groups in total. The maximum Gasteiger partial charge on any atom is 0.229 e. The largest absolute Gasteiger partial charge is 0.393 e. The summed E-state index contributed by atoms with van der Waals surface area (Å²) in [5, 5.41) is 11.1. The van der Waals surface area contributed by atoms with Gasteiger partial charge in [-0.2, -0.15) is 0 Å². The summed E-state index contributed by atoms with van der Waals surface area (Å²) in [6.45, 7) is 22.5. The fourth-order valence-corrected chi connectivity index (χ4v) is 14.5. The fraction of sp³-hybridized carbons (Fsp3) is 0.727. The molecule has 2 heterocycles. The Kier molecular flexibility index (Phi) is 7.78. The molecule has 1 aliphatic heterocycles. The highest BCUT2D eigenvalue weighted by Crippen LogP contribution is 2.77. The minimum atomic E-state index is -0.302. The lowest BCUT2D eigenvalue weighted by atomic mass is 9.32. The highest BCUT2D eigenvalue weighted by Gasteiger charge is 2.72. The third kappa shape index (κ3) is 4.58. The number of carbonyl (C=O) groups excluding carboxylic acids is 1. The summed E-state index contributed by atoms with van der Waals surface area (Å²) in [5.41, 5.74) is 5.10. The molecule has 49 heavy (non-hydrogen) atoms. The van der Waals surface area contributed by atoms with Crippen LogP contribution >= 0.6 is 0 Å². The number of fused-ring (bicyclic) bond motifs is 7. The van der Waals surface area contributed by atoms with E-state index in [2.05, 4.69) is 89.2 Å². The smallest absolute Gasteiger partial charge is 0.229 e. The fourth-order valence-electron chi connectivity index (χ4n) is 14.5. The number of aromatic nitrogens is 2. The zero-order valence-corrected chi connectivity index (χ0v) is 31.6. The Bertz CT molecular complexity index is 1620. The molecule has 1 saturated heterocycles. The van der Waals surface area contributed by atoms with E-state index in [1.54, 1.807) is 0 Å². The predicted molar refractivity (Wildman–Crippen MR) is 197 cm³/mol. The number of rotatable bonds is 4. The van der Waals surface area contributed by atoms with E-state index >= 15 is 4.79 Å². The lowest BCUT2D eigenvalue weighted by Gasteiger charge is -2.73. The van der Waals surface area contributed by atoms with E-state index in [1.165, 1.54) is 36.8 Å². The highest BCUT2D eigenvalue weighted by molar-refractivity contribution is 5.84. The average molecular weight is 666 g/mol. The van der Waals surface area contributed by atoms with E-state index in [0.717, 1.165) is 75.0 Å². The van der Waals surface area contributed by atoms with Gasteiger partial charge in [-0.05, 0) is 148 Å². The third-order valence-corrected chi connectivity index (χ3v) is 17.3. The molecule has 0 radical (unpaired) electrons. The molecule has 0 bridgehead atoms. The number of likely N-dealkylation sites (tertiary alicyclic amines) is 1. The van der Waals surface area contributed by atoms with E-state index in [9.17, 15) is 5.11 Å². The number of nitrogens with zero attached hydrogens (tertiary/aromatic N) is 2. The van der Waals surface area contributed by atoms with Crippen LogP contribution in [0.1, 0.15) is 136 Å². The number of allylic oxidation sites excluding steroid dienone is 1. The van der Waals surface area contributed by atoms with E-state index in [-0.39, 0.29) is 39.2 Å². The van der Waals surface area contributed by atoms with Gasteiger partial charge in [-0.3, -0.25) is 4.79 Å². The molecular formula is C44H63N3O2. The number of benzene rings is 1. The summed E-state index contributed by atoms with van der Waals surface area (Å²) >= 11 is 0. The molecule has 5 saturated carbocycles. The van der Waals surface area contributed by atoms with Crippen LogP contribution in [0.2, 0.25) is 0 Å². The number of aryl methyl sites for hydroxylation is 1. The topological polar surface area (TPSA) is 69.2 Å². The first-order chi connectivity index (χ1) is 23.2. The minimum absolute atomic E-state index is 0.0207. The van der Waals surface area contributed by atoms with Crippen molar-refractivity contribution in [2.45, 2.75) is 138 Å². The molecule has 6 aliphatic rings. The van der Waals surface area contributed by atoms with Crippen LogP contribution in [0, 0.1) is 63.6 Å². The number of aliphatic hydroxyl groups excluding tert-OH is 1. The summed E-state index contributed by atoms with van der Waals surface area (Å²) in [4.78, 5) is 26.2. The van der Waals surface area contributed by atoms with E-state index in [4.69, 9.17) is 4.98 Å². The van der Waals surface area contributed by atoms with Gasteiger partial charge in [0.1, 0.15) is 5.82 Å². The van der Waals surface area contributed by atoms with Crippen LogP contribution in [-0.2, 0) is 4.79 Å². The number of H-pyrrole nitrogens is 1. The Morgan fingerprint density at radius 1 is 0.898 bits per heavy atom. The third-order valence-electron chi connectivity index (χ3n) is 17.3. The standard InChI is InChI=1S/C44H63N3O2/c1-27(2)30-17-22-44(39(49)47-25-9-10-33(47)38-45-26-32(46-38)29-13-11-28(3)12-14-29)24-23-42(7)31(37(30)44)15-16-35-41(6)20-19-36(48)40(4,5)34(41)18-21-43(35,42)8/h11-14,26,30-31,33-37,48H,1,9-10,15-25H2,2-8H3,(H,45,46)/t30-,31+,33?,34?,35?,36-,37?,41-,42+,43+,44-/m0/s1. The molecule has 0 spiro atoms. The molecule has 5 heteroatoms. The van der Waals surface area contributed by atoms with Crippen LogP contribution in [0.3, 0.4) is 0 Å². The van der Waals surface area contributed by atoms with Crippen LogP contribution in [0.5, 0.6) is 0 Å². The molecule has 5 aliphatic carbocycles. The number of nitrogens with one attached hydrogen (secondary N) is 1. The van der Waals surface area contributed by atoms with Crippen LogP contribution in [0.4, 0.5) is 0 Å². The van der Waals surface area contributed by atoms with Gasteiger partial charge in [0.25, 0.3) is 0 Å². The summed E-state index contributed by atoms with van der Waals surface area (Å²) in [7, 11) is 0. The van der Waals surface area contributed by atoms with Crippen LogP contribution in [0.15, 0.2) is 42.6 Å². The molecular weight excluding hydrogens is 603 g/mol. The molecule has 2 aromatic rings. The predicted octanol–water partition coefficient (Wildman–Crippen LogP) is 10.1. The molecule has 266 valence electrons. The van der Waals surface area contributed by atoms with Crippen molar-refractivity contribution in [3.05, 3.63) is 54.0 Å². The van der Waals surface area contributed by atoms with Gasteiger partial charge in [-0.15, -0.1) is 0 Å². The van der Waals surface area contributed by atoms with Crippen molar-refractivity contribution < 1.29 is 9.90 Å². The molecule has 4 unspecified atom stereocenters. The summed E-state index contributed by atoms with van der Waals surface area (Å²) in [6, 6.07) is 8.63. The van der Waals surface area contributed by atoms with Crippen molar-refractivity contribution in [2.24, 2.45) is 56.7 Å². The quantitative estimate of drug-likeness (QED) is 0.320. The second-order valence-corrected chi connectivity index (χ2v) is 19.4. The monoisotopic (exact) mass is 665 g/mol. The van der Waals surface area contributed by atoms with Crippen molar-refractivity contribution in [3.8, 4) is 11.3 Å². The summed E-state index contributed by atoms with van der Waals surface area (Å²) in [6.07, 6.45) is 15.1. The number of hydrogen-bond donors (Lipinski definition) is 2. The zero-order chi connectivity index (χ0) is 34.7. The normalized spacial score (nSPS) is 44.1. The van der Waals surface area contributed by atoms with Crippen molar-refractivity contribution >= 4 is 5.91 Å². The number of imidazole rings is 1. The number of aromatic amines is 1. The highest BCUT2D eigenvalue weighted by atomic mass is 16.3. The Labute approximate surface area is 296 Å². The van der Waals surface area contributed by atoms with Gasteiger partial charge in [0.2, 0.25) is 5.91 Å². The Morgan fingerprint density at radius 2 is 1.65 bits per heavy atom. The Morgan fingerprint density at radius 3 is 2.39 bits per heavy atom. The van der Waals surface area contributed by atoms with Crippen molar-refractivity contribution in [1.29, 1.82) is 0 Å². The Balaban J connectivity index is 1.12. The maximum atomic E-state index is 15.4. The van der Waals surface area contributed by atoms with Crippen molar-refractivity contribution in [2.75, 3.05) is 6.54 Å². The molecule has 6 fully saturated rings. The van der Waals surface area contributed by atoms with Gasteiger partial charge < -0.3 is 15.0 Å². The van der Waals surface area contributed by atoms with Gasteiger partial charge in [0.05, 0.1) is 29.5 Å². The number of hydrogen-bond acceptors (Lipinski definition) is 3. The van der Waals surface area contributed by atoms with Crippen LogP contribution < -0.4 is 0 Å². The van der Waals surface area contributed by atoms with E-state index in [1.807, 2.05) is 6.20 Å². The van der Waals surface area contributed by atoms with Gasteiger partial charge >= 0.3 is 0 Å². The molecule has 1 aromatic heterocycles. The lowest BCUT2D eigenvalue weighted by Crippen LogP contribution is -2.67. The average Bonchev–Trinajstić information content (AvgIpc) is 3.82. The van der Waals surface area contributed by atoms with Crippen molar-refractivity contribution in [1.82, 2.24) is 14.9 Å². The number of carbonyl (C=O) groups is 1. The first-order valence-corrected chi connectivity index (χ1v) is 19.9. The molecule has 11 atom stereocenters. The Hall–Kier alpha value is -2.40. The zero-order valence-electron chi connectivity index (χ0n) is 31.6. The second kappa shape index (κ2) is 11.3. The lowest BCUT2D eigenvalue weighted by molar-refractivity contribution is -0.247. The van der Waals surface area contributed by atoms with E-state index < -0.39 is 0 Å². The molecule has 5 nitrogen and oxygen atoms in total. The number of aliphatic hydroxyl groups is 1. The summed E-state index contributed by atoms with van der Waals surface area (Å²) in [5.74, 6) is 3.93. The summed E-state index contributed by atoms with van der Waals surface area (Å²) < 4.78 is 0. The van der Waals surface area contributed by atoms with Gasteiger partial charge in [-0.1, -0.05) is 76.6 Å². The van der Waals surface area contributed by atoms with E-state index in [0.29, 0.717) is 35.5 Å². The van der Waals surface area contributed by atoms with Gasteiger partial charge in [-0.25, -0.2) is 4.98 Å². The first kappa shape index (κ1) is 33.7. The SMILES string of the molecule is C=C(C)[C@@H]1CC[C@]2(C(=O)N3CCCC3c3ncc(-c4ccc(C)cc4)[nH]3)CC[C@]3(C)[C@H](CCC4[C@@]5(C)CC[C@H](O)C(C)(C)C5CC[C@]43C)C12. The second-order valence-electron chi connectivity index (χ2n) is 19.4. The number of amides is 1. The first-order valence-electron chi connectivity index (χ1n) is 19.9. The van der Waals surface area contributed by atoms with Crippen LogP contribution in [-0.4, -0.2) is 38.5 Å². The van der Waals surface area contributed by atoms with Crippen LogP contribution in [0.25, 0.3) is 11.3 Å². The molecule has 8 rings (SSSR count). The van der Waals surface area contributed by atoms with Gasteiger partial charge in [0.15, 0.2) is 0 Å². The minimum Gasteiger partial charge on any atom is -0.393 e. The molecule has 1 aromatic carbocycles. The van der Waals surface area contributed by atoms with Crippen molar-refractivity contribution in [3.63, 3.8) is 0 Å². The van der Waals surface area contributed by atoms with Gasteiger partial charge in [0, 0.05) is 6.54 Å².